The summed E-state index contributed by atoms with van der Waals surface area (Å²) in [7, 11) is 0. The number of rotatable bonds is 3. The predicted molar refractivity (Wildman–Crippen MR) is 66.9 cm³/mol. The zero-order chi connectivity index (χ0) is 15.7. The van der Waals surface area contributed by atoms with E-state index in [9.17, 15) is 14.4 Å². The molecule has 0 saturated heterocycles. The molecule has 0 spiro atoms. The van der Waals surface area contributed by atoms with Crippen LogP contribution in [0.5, 0.6) is 0 Å². The van der Waals surface area contributed by atoms with Crippen molar-refractivity contribution in [1.29, 1.82) is 5.26 Å². The molecule has 0 aromatic rings. The van der Waals surface area contributed by atoms with Crippen LogP contribution in [0.4, 0.5) is 0 Å². The Labute approximate surface area is 113 Å². The number of carbonyl (C=O) groups is 3. The SMILES string of the molecule is CCOC(=O)C#N.CCOC(C)=O.CCOC(C)=O. The topological polar surface area (TPSA) is 103 Å². The van der Waals surface area contributed by atoms with Crippen LogP contribution in [0.25, 0.3) is 0 Å². The van der Waals surface area contributed by atoms with Gasteiger partial charge in [0.25, 0.3) is 0 Å². The van der Waals surface area contributed by atoms with Gasteiger partial charge in [0.05, 0.1) is 19.8 Å². The van der Waals surface area contributed by atoms with E-state index in [0.717, 1.165) is 0 Å². The standard InChI is InChI=1S/C4H5NO2.2C4H8O2/c1-2-7-4(6)3-5;2*1-3-6-4(2)5/h2H2,1H3;2*3H2,1-2H3. The lowest BCUT2D eigenvalue weighted by atomic mass is 10.7. The molecule has 0 radical (unpaired) electrons. The second kappa shape index (κ2) is 18.3. The maximum Gasteiger partial charge on any atom is 0.411 e. The summed E-state index contributed by atoms with van der Waals surface area (Å²) in [6.07, 6.45) is 0. The molecule has 7 nitrogen and oxygen atoms in total. The molecule has 110 valence electrons. The van der Waals surface area contributed by atoms with Crippen LogP contribution < -0.4 is 0 Å². The van der Waals surface area contributed by atoms with Crippen molar-refractivity contribution in [3.05, 3.63) is 0 Å². The number of carbonyl (C=O) groups excluding carboxylic acids is 3. The highest BCUT2D eigenvalue weighted by Gasteiger charge is 1.91. The number of ether oxygens (including phenoxy) is 3. The molecule has 0 rings (SSSR count). The minimum Gasteiger partial charge on any atom is -0.466 e. The lowest BCUT2D eigenvalue weighted by Gasteiger charge is -1.89. The maximum absolute atomic E-state index is 9.83. The normalized spacial score (nSPS) is 7.37. The molecular weight excluding hydrogens is 254 g/mol. The molecule has 0 aliphatic rings. The zero-order valence-corrected chi connectivity index (χ0v) is 12.0. The molecule has 0 unspecified atom stereocenters. The van der Waals surface area contributed by atoms with Crippen molar-refractivity contribution in [2.24, 2.45) is 0 Å². The number of nitriles is 1. The third-order valence-corrected chi connectivity index (χ3v) is 1.06. The summed E-state index contributed by atoms with van der Waals surface area (Å²) in [5, 5.41) is 7.74. The van der Waals surface area contributed by atoms with Crippen molar-refractivity contribution in [3.63, 3.8) is 0 Å². The van der Waals surface area contributed by atoms with Crippen LogP contribution in [0, 0.1) is 11.3 Å². The fraction of sp³-hybridized carbons (Fsp3) is 0.667. The van der Waals surface area contributed by atoms with Gasteiger partial charge in [0.1, 0.15) is 0 Å². The summed E-state index contributed by atoms with van der Waals surface area (Å²) in [5.41, 5.74) is 0. The molecular formula is C12H21NO6. The summed E-state index contributed by atoms with van der Waals surface area (Å²) < 4.78 is 13.0. The highest BCUT2D eigenvalue weighted by Crippen LogP contribution is 1.71. The highest BCUT2D eigenvalue weighted by atomic mass is 16.5. The molecule has 0 amide bonds. The van der Waals surface area contributed by atoms with Crippen molar-refractivity contribution in [1.82, 2.24) is 0 Å². The fourth-order valence-electron chi connectivity index (χ4n) is 0.570. The van der Waals surface area contributed by atoms with Crippen molar-refractivity contribution in [2.45, 2.75) is 34.6 Å². The van der Waals surface area contributed by atoms with E-state index in [-0.39, 0.29) is 18.5 Å². The van der Waals surface area contributed by atoms with Gasteiger partial charge < -0.3 is 14.2 Å². The van der Waals surface area contributed by atoms with Crippen molar-refractivity contribution in [3.8, 4) is 6.07 Å². The maximum atomic E-state index is 9.83. The van der Waals surface area contributed by atoms with E-state index in [2.05, 4.69) is 14.2 Å². The van der Waals surface area contributed by atoms with Gasteiger partial charge >= 0.3 is 17.9 Å². The molecule has 19 heavy (non-hydrogen) atoms. The molecule has 0 fully saturated rings. The first kappa shape index (κ1) is 22.1. The van der Waals surface area contributed by atoms with Gasteiger partial charge in [0, 0.05) is 13.8 Å². The van der Waals surface area contributed by atoms with Gasteiger partial charge in [-0.25, -0.2) is 4.79 Å². The van der Waals surface area contributed by atoms with Crippen molar-refractivity contribution in [2.75, 3.05) is 19.8 Å². The first-order valence-corrected chi connectivity index (χ1v) is 5.69. The van der Waals surface area contributed by atoms with Gasteiger partial charge in [-0.15, -0.1) is 0 Å². The highest BCUT2D eigenvalue weighted by molar-refractivity contribution is 5.85. The first-order valence-electron chi connectivity index (χ1n) is 5.69. The molecule has 0 aliphatic carbocycles. The lowest BCUT2D eigenvalue weighted by molar-refractivity contribution is -0.141. The molecule has 0 aliphatic heterocycles. The van der Waals surface area contributed by atoms with E-state index in [0.29, 0.717) is 13.2 Å². The van der Waals surface area contributed by atoms with E-state index in [1.807, 2.05) is 0 Å². The van der Waals surface area contributed by atoms with Crippen LogP contribution in [-0.4, -0.2) is 37.7 Å². The summed E-state index contributed by atoms with van der Waals surface area (Å²) in [4.78, 5) is 29.5. The van der Waals surface area contributed by atoms with E-state index >= 15 is 0 Å². The Hall–Kier alpha value is -2.10. The minimum atomic E-state index is -0.817. The fourth-order valence-corrected chi connectivity index (χ4v) is 0.570. The lowest BCUT2D eigenvalue weighted by Crippen LogP contribution is -1.98. The van der Waals surface area contributed by atoms with Crippen molar-refractivity contribution < 1.29 is 28.6 Å². The monoisotopic (exact) mass is 275 g/mol. The third kappa shape index (κ3) is 38.8. The van der Waals surface area contributed by atoms with Crippen molar-refractivity contribution >= 4 is 17.9 Å². The second-order valence-electron chi connectivity index (χ2n) is 2.68. The quantitative estimate of drug-likeness (QED) is 0.433. The number of hydrogen-bond donors (Lipinski definition) is 0. The van der Waals surface area contributed by atoms with Gasteiger partial charge in [-0.05, 0) is 20.8 Å². The Morgan fingerprint density at radius 1 is 0.842 bits per heavy atom. The Balaban J connectivity index is -0.000000203. The smallest absolute Gasteiger partial charge is 0.411 e. The van der Waals surface area contributed by atoms with Gasteiger partial charge in [-0.2, -0.15) is 5.26 Å². The Morgan fingerprint density at radius 2 is 1.16 bits per heavy atom. The van der Waals surface area contributed by atoms with Crippen LogP contribution in [0.2, 0.25) is 0 Å². The van der Waals surface area contributed by atoms with Crippen LogP contribution in [0.1, 0.15) is 34.6 Å². The van der Waals surface area contributed by atoms with E-state index in [1.54, 1.807) is 20.8 Å². The van der Waals surface area contributed by atoms with E-state index < -0.39 is 5.97 Å². The van der Waals surface area contributed by atoms with Crippen LogP contribution >= 0.6 is 0 Å². The predicted octanol–water partition coefficient (Wildman–Crippen LogP) is 1.21. The summed E-state index contributed by atoms with van der Waals surface area (Å²) in [6.45, 7) is 9.22. The average Bonchev–Trinajstić information content (AvgIpc) is 2.30. The van der Waals surface area contributed by atoms with Crippen LogP contribution in [0.15, 0.2) is 0 Å². The van der Waals surface area contributed by atoms with E-state index in [4.69, 9.17) is 5.26 Å². The van der Waals surface area contributed by atoms with Gasteiger partial charge in [0.2, 0.25) is 0 Å². The number of hydrogen-bond acceptors (Lipinski definition) is 7. The van der Waals surface area contributed by atoms with E-state index in [1.165, 1.54) is 19.9 Å². The number of esters is 3. The molecule has 0 aromatic heterocycles. The average molecular weight is 275 g/mol. The van der Waals surface area contributed by atoms with Gasteiger partial charge in [0.15, 0.2) is 6.07 Å². The van der Waals surface area contributed by atoms with Gasteiger partial charge in [-0.1, -0.05) is 0 Å². The minimum absolute atomic E-state index is 0.211. The molecule has 0 atom stereocenters. The molecule has 0 N–H and O–H groups in total. The largest absolute Gasteiger partial charge is 0.466 e. The second-order valence-corrected chi connectivity index (χ2v) is 2.68. The molecule has 0 heterocycles. The molecule has 0 aromatic carbocycles. The Bertz CT molecular complexity index is 279. The summed E-state index contributed by atoms with van der Waals surface area (Å²) in [6, 6.07) is 1.30. The molecule has 0 saturated carbocycles. The van der Waals surface area contributed by atoms with Gasteiger partial charge in [-0.3, -0.25) is 9.59 Å². The van der Waals surface area contributed by atoms with Crippen LogP contribution in [-0.2, 0) is 28.6 Å². The third-order valence-electron chi connectivity index (χ3n) is 1.06. The Morgan fingerprint density at radius 3 is 1.21 bits per heavy atom. The summed E-state index contributed by atoms with van der Waals surface area (Å²) >= 11 is 0. The Kier molecular flexibility index (Phi) is 21.3. The zero-order valence-electron chi connectivity index (χ0n) is 12.0. The molecule has 0 bridgehead atoms. The van der Waals surface area contributed by atoms with Crippen LogP contribution in [0.3, 0.4) is 0 Å². The molecule has 7 heteroatoms. The summed E-state index contributed by atoms with van der Waals surface area (Å²) in [5.74, 6) is -1.24. The first-order chi connectivity index (χ1) is 8.85. The number of nitrogens with zero attached hydrogens (tertiary/aromatic N) is 1.